The minimum atomic E-state index is 0.0893. The van der Waals surface area contributed by atoms with E-state index in [4.69, 9.17) is 4.74 Å². The lowest BCUT2D eigenvalue weighted by Gasteiger charge is -2.36. The molecular formula is C26H37N3O2S. The van der Waals surface area contributed by atoms with Gasteiger partial charge in [0.25, 0.3) is 5.91 Å². The molecule has 1 heterocycles. The maximum Gasteiger partial charge on any atom is 0.253 e. The molecule has 174 valence electrons. The van der Waals surface area contributed by atoms with Crippen molar-refractivity contribution in [3.8, 4) is 5.75 Å². The summed E-state index contributed by atoms with van der Waals surface area (Å²) in [4.78, 5) is 21.9. The van der Waals surface area contributed by atoms with Crippen LogP contribution in [0.1, 0.15) is 50.9 Å². The van der Waals surface area contributed by atoms with Crippen LogP contribution in [0, 0.1) is 0 Å². The van der Waals surface area contributed by atoms with Crippen LogP contribution in [0.3, 0.4) is 0 Å². The van der Waals surface area contributed by atoms with Crippen LogP contribution in [0.2, 0.25) is 0 Å². The molecule has 0 aliphatic carbocycles. The zero-order valence-corrected chi connectivity index (χ0v) is 21.2. The van der Waals surface area contributed by atoms with E-state index in [9.17, 15) is 4.79 Å². The molecule has 0 fully saturated rings. The third kappa shape index (κ3) is 4.91. The van der Waals surface area contributed by atoms with Gasteiger partial charge in [0, 0.05) is 36.1 Å². The van der Waals surface area contributed by atoms with E-state index in [0.717, 1.165) is 47.0 Å². The molecule has 1 atom stereocenters. The third-order valence-corrected chi connectivity index (χ3v) is 7.67. The van der Waals surface area contributed by atoms with Gasteiger partial charge in [0.05, 0.1) is 23.4 Å². The quantitative estimate of drug-likeness (QED) is 0.446. The lowest BCUT2D eigenvalue weighted by Crippen LogP contribution is -2.35. The number of fused-ring (bicyclic) bond motifs is 2. The second-order valence-corrected chi connectivity index (χ2v) is 9.20. The fourth-order valence-electron chi connectivity index (χ4n) is 4.38. The van der Waals surface area contributed by atoms with Crippen molar-refractivity contribution in [1.82, 2.24) is 9.80 Å². The molecule has 0 bridgehead atoms. The molecular weight excluding hydrogens is 418 g/mol. The molecule has 0 saturated carbocycles. The molecule has 0 saturated heterocycles. The van der Waals surface area contributed by atoms with Gasteiger partial charge in [-0.25, -0.2) is 0 Å². The molecule has 0 aromatic heterocycles. The SMILES string of the molecule is CCC(CCN1c2ccc(C(=O)N(CC)CC)cc2Sc2c(OC)cccc21)N(C)CC. The first-order valence-electron chi connectivity index (χ1n) is 11.7. The summed E-state index contributed by atoms with van der Waals surface area (Å²) in [6.07, 6.45) is 2.20. The van der Waals surface area contributed by atoms with Gasteiger partial charge in [0.2, 0.25) is 0 Å². The molecule has 0 spiro atoms. The number of ether oxygens (including phenoxy) is 1. The Labute approximate surface area is 197 Å². The Kier molecular flexibility index (Phi) is 8.49. The van der Waals surface area contributed by atoms with E-state index in [2.05, 4.69) is 55.0 Å². The predicted molar refractivity (Wildman–Crippen MR) is 135 cm³/mol. The zero-order valence-electron chi connectivity index (χ0n) is 20.4. The molecule has 1 aliphatic rings. The van der Waals surface area contributed by atoms with Crippen molar-refractivity contribution < 1.29 is 9.53 Å². The number of benzene rings is 2. The number of amides is 1. The molecule has 32 heavy (non-hydrogen) atoms. The first-order valence-corrected chi connectivity index (χ1v) is 12.6. The third-order valence-electron chi connectivity index (χ3n) is 6.51. The first kappa shape index (κ1) is 24.5. The monoisotopic (exact) mass is 455 g/mol. The molecule has 0 N–H and O–H groups in total. The highest BCUT2D eigenvalue weighted by Crippen LogP contribution is 2.52. The first-order chi connectivity index (χ1) is 15.5. The Morgan fingerprint density at radius 1 is 1.06 bits per heavy atom. The molecule has 1 amide bonds. The van der Waals surface area contributed by atoms with Crippen molar-refractivity contribution in [3.63, 3.8) is 0 Å². The van der Waals surface area contributed by atoms with Crippen LogP contribution in [0.5, 0.6) is 5.75 Å². The smallest absolute Gasteiger partial charge is 0.253 e. The highest BCUT2D eigenvalue weighted by atomic mass is 32.2. The lowest BCUT2D eigenvalue weighted by molar-refractivity contribution is 0.0773. The molecule has 3 rings (SSSR count). The van der Waals surface area contributed by atoms with Crippen molar-refractivity contribution in [1.29, 1.82) is 0 Å². The van der Waals surface area contributed by atoms with E-state index >= 15 is 0 Å². The summed E-state index contributed by atoms with van der Waals surface area (Å²) in [6, 6.07) is 12.9. The van der Waals surface area contributed by atoms with E-state index < -0.39 is 0 Å². The number of carbonyl (C=O) groups is 1. The second kappa shape index (κ2) is 11.1. The average molecular weight is 456 g/mol. The number of hydrogen-bond acceptors (Lipinski definition) is 5. The fourth-order valence-corrected chi connectivity index (χ4v) is 5.60. The Balaban J connectivity index is 2.00. The molecule has 5 nitrogen and oxygen atoms in total. The van der Waals surface area contributed by atoms with Crippen molar-refractivity contribution >= 4 is 29.0 Å². The minimum absolute atomic E-state index is 0.0893. The van der Waals surface area contributed by atoms with Crippen LogP contribution in [0.4, 0.5) is 11.4 Å². The van der Waals surface area contributed by atoms with E-state index in [-0.39, 0.29) is 5.91 Å². The highest BCUT2D eigenvalue weighted by molar-refractivity contribution is 7.99. The van der Waals surface area contributed by atoms with E-state index in [1.165, 1.54) is 11.4 Å². The van der Waals surface area contributed by atoms with Gasteiger partial charge in [-0.2, -0.15) is 0 Å². The van der Waals surface area contributed by atoms with Crippen LogP contribution >= 0.6 is 11.8 Å². The van der Waals surface area contributed by atoms with Gasteiger partial charge in [-0.05, 0) is 70.6 Å². The van der Waals surface area contributed by atoms with Crippen LogP contribution in [0.25, 0.3) is 0 Å². The van der Waals surface area contributed by atoms with Crippen molar-refractivity contribution in [2.45, 2.75) is 56.4 Å². The van der Waals surface area contributed by atoms with Gasteiger partial charge >= 0.3 is 0 Å². The molecule has 1 unspecified atom stereocenters. The number of nitrogens with zero attached hydrogens (tertiary/aromatic N) is 3. The molecule has 0 radical (unpaired) electrons. The summed E-state index contributed by atoms with van der Waals surface area (Å²) in [6.45, 7) is 11.9. The topological polar surface area (TPSA) is 36.0 Å². The molecule has 1 aliphatic heterocycles. The largest absolute Gasteiger partial charge is 0.495 e. The summed E-state index contributed by atoms with van der Waals surface area (Å²) in [5.41, 5.74) is 3.09. The van der Waals surface area contributed by atoms with E-state index in [1.807, 2.05) is 30.9 Å². The standard InChI is InChI=1S/C26H37N3O2S/c1-7-20(27(5)8-2)16-17-29-21-15-14-19(26(30)28(9-3)10-4)18-24(21)32-25-22(29)12-11-13-23(25)31-6/h11-15,18,20H,7-10,16-17H2,1-6H3. The van der Waals surface area contributed by atoms with Gasteiger partial charge in [-0.1, -0.05) is 31.7 Å². The summed E-state index contributed by atoms with van der Waals surface area (Å²) in [5.74, 6) is 0.965. The van der Waals surface area contributed by atoms with Crippen LogP contribution < -0.4 is 9.64 Å². The van der Waals surface area contributed by atoms with Gasteiger partial charge in [0.15, 0.2) is 0 Å². The summed E-state index contributed by atoms with van der Waals surface area (Å²) in [7, 11) is 3.93. The molecule has 2 aromatic carbocycles. The van der Waals surface area contributed by atoms with Crippen LogP contribution in [0.15, 0.2) is 46.2 Å². The summed E-state index contributed by atoms with van der Waals surface area (Å²) in [5, 5.41) is 0. The predicted octanol–water partition coefficient (Wildman–Crippen LogP) is 5.90. The molecule has 2 aromatic rings. The Morgan fingerprint density at radius 3 is 2.44 bits per heavy atom. The number of methoxy groups -OCH3 is 1. The lowest BCUT2D eigenvalue weighted by atomic mass is 10.1. The normalized spacial score (nSPS) is 13.5. The maximum absolute atomic E-state index is 13.0. The van der Waals surface area contributed by atoms with Gasteiger partial charge in [0.1, 0.15) is 5.75 Å². The van der Waals surface area contributed by atoms with E-state index in [0.29, 0.717) is 19.1 Å². The number of hydrogen-bond donors (Lipinski definition) is 0. The van der Waals surface area contributed by atoms with Crippen molar-refractivity contribution in [2.75, 3.05) is 45.2 Å². The average Bonchev–Trinajstić information content (AvgIpc) is 2.83. The van der Waals surface area contributed by atoms with Crippen molar-refractivity contribution in [2.24, 2.45) is 0 Å². The zero-order chi connectivity index (χ0) is 23.3. The summed E-state index contributed by atoms with van der Waals surface area (Å²) >= 11 is 1.70. The van der Waals surface area contributed by atoms with Crippen LogP contribution in [-0.2, 0) is 0 Å². The van der Waals surface area contributed by atoms with E-state index in [1.54, 1.807) is 18.9 Å². The molecule has 6 heteroatoms. The maximum atomic E-state index is 13.0. The second-order valence-electron chi connectivity index (χ2n) is 8.15. The fraction of sp³-hybridized carbons (Fsp3) is 0.500. The van der Waals surface area contributed by atoms with Gasteiger partial charge in [-0.3, -0.25) is 4.79 Å². The number of rotatable bonds is 10. The number of carbonyl (C=O) groups excluding carboxylic acids is 1. The Morgan fingerprint density at radius 2 is 1.81 bits per heavy atom. The highest BCUT2D eigenvalue weighted by Gasteiger charge is 2.28. The van der Waals surface area contributed by atoms with Gasteiger partial charge in [-0.15, -0.1) is 0 Å². The van der Waals surface area contributed by atoms with Crippen LogP contribution in [-0.4, -0.2) is 62.1 Å². The number of anilines is 2. The Bertz CT molecular complexity index is 929. The Hall–Kier alpha value is -2.18. The minimum Gasteiger partial charge on any atom is -0.495 e. The van der Waals surface area contributed by atoms with Crippen molar-refractivity contribution in [3.05, 3.63) is 42.0 Å². The summed E-state index contributed by atoms with van der Waals surface area (Å²) < 4.78 is 5.70. The van der Waals surface area contributed by atoms with Gasteiger partial charge < -0.3 is 19.4 Å².